The van der Waals surface area contributed by atoms with Gasteiger partial charge in [0.1, 0.15) is 0 Å². The lowest BCUT2D eigenvalue weighted by Gasteiger charge is -2.34. The van der Waals surface area contributed by atoms with Crippen LogP contribution in [0, 0.1) is 0 Å². The van der Waals surface area contributed by atoms with E-state index in [9.17, 15) is 0 Å². The highest BCUT2D eigenvalue weighted by Crippen LogP contribution is 2.19. The van der Waals surface area contributed by atoms with Crippen LogP contribution in [0.15, 0.2) is 0 Å². The van der Waals surface area contributed by atoms with Gasteiger partial charge >= 0.3 is 0 Å². The monoisotopic (exact) mass is 234 g/mol. The zero-order valence-electron chi connectivity index (χ0n) is 9.28. The Bertz CT molecular complexity index is 174. The Morgan fingerprint density at radius 3 is 2.47 bits per heavy atom. The molecule has 2 fully saturated rings. The van der Waals surface area contributed by atoms with Crippen LogP contribution in [0.1, 0.15) is 38.5 Å². The quantitative estimate of drug-likeness (QED) is 0.761. The molecule has 0 amide bonds. The normalized spacial score (nSPS) is 33.4. The summed E-state index contributed by atoms with van der Waals surface area (Å²) in [5, 5.41) is 3.70. The summed E-state index contributed by atoms with van der Waals surface area (Å²) in [5.74, 6) is 0. The van der Waals surface area contributed by atoms with Crippen molar-refractivity contribution in [3.05, 3.63) is 0 Å². The smallest absolute Gasteiger partial charge is 0.0632 e. The topological polar surface area (TPSA) is 47.3 Å². The molecule has 1 heterocycles. The predicted octanol–water partition coefficient (Wildman–Crippen LogP) is 1.45. The van der Waals surface area contributed by atoms with E-state index >= 15 is 0 Å². The first-order valence-electron chi connectivity index (χ1n) is 5.95. The molecule has 0 aromatic heterocycles. The fourth-order valence-corrected chi connectivity index (χ4v) is 2.54. The van der Waals surface area contributed by atoms with Crippen molar-refractivity contribution < 1.29 is 4.74 Å². The summed E-state index contributed by atoms with van der Waals surface area (Å²) >= 11 is 0. The molecule has 1 saturated carbocycles. The second-order valence-electron chi connectivity index (χ2n) is 4.64. The fraction of sp³-hybridized carbons (Fsp3) is 1.00. The van der Waals surface area contributed by atoms with Crippen LogP contribution in [0.2, 0.25) is 0 Å². The molecule has 15 heavy (non-hydrogen) atoms. The van der Waals surface area contributed by atoms with E-state index < -0.39 is 0 Å². The number of hydrogen-bond donors (Lipinski definition) is 2. The lowest BCUT2D eigenvalue weighted by atomic mass is 9.93. The Morgan fingerprint density at radius 1 is 1.07 bits per heavy atom. The van der Waals surface area contributed by atoms with Crippen molar-refractivity contribution >= 4 is 12.4 Å². The number of halogens is 1. The Balaban J connectivity index is 0.00000112. The molecule has 1 saturated heterocycles. The average Bonchev–Trinajstić information content (AvgIpc) is 2.23. The van der Waals surface area contributed by atoms with Gasteiger partial charge in [-0.1, -0.05) is 19.3 Å². The Kier molecular flexibility index (Phi) is 5.90. The van der Waals surface area contributed by atoms with E-state index in [0.717, 1.165) is 25.7 Å². The highest BCUT2D eigenvalue weighted by atomic mass is 35.5. The van der Waals surface area contributed by atoms with Crippen molar-refractivity contribution in [3.63, 3.8) is 0 Å². The molecule has 0 bridgehead atoms. The van der Waals surface area contributed by atoms with Crippen molar-refractivity contribution in [2.75, 3.05) is 13.2 Å². The van der Waals surface area contributed by atoms with E-state index in [-0.39, 0.29) is 18.4 Å². The summed E-state index contributed by atoms with van der Waals surface area (Å²) in [4.78, 5) is 0. The fourth-order valence-electron chi connectivity index (χ4n) is 2.54. The average molecular weight is 235 g/mol. The molecule has 0 aromatic carbocycles. The maximum atomic E-state index is 6.01. The van der Waals surface area contributed by atoms with Gasteiger partial charge in [-0.3, -0.25) is 0 Å². The van der Waals surface area contributed by atoms with Crippen LogP contribution in [0.4, 0.5) is 0 Å². The van der Waals surface area contributed by atoms with Crippen molar-refractivity contribution in [3.8, 4) is 0 Å². The third kappa shape index (κ3) is 3.91. The molecule has 3 nitrogen and oxygen atoms in total. The van der Waals surface area contributed by atoms with Crippen LogP contribution in [0.5, 0.6) is 0 Å². The van der Waals surface area contributed by atoms with E-state index in [1.54, 1.807) is 0 Å². The van der Waals surface area contributed by atoms with Crippen LogP contribution < -0.4 is 11.1 Å². The Labute approximate surface area is 98.5 Å². The molecule has 3 N–H and O–H groups in total. The van der Waals surface area contributed by atoms with Gasteiger partial charge in [0.2, 0.25) is 0 Å². The van der Waals surface area contributed by atoms with Crippen LogP contribution in [-0.2, 0) is 4.74 Å². The van der Waals surface area contributed by atoms with Crippen molar-refractivity contribution in [2.45, 2.75) is 56.7 Å². The Hall–Kier alpha value is 0.170. The maximum Gasteiger partial charge on any atom is 0.0632 e. The van der Waals surface area contributed by atoms with E-state index in [1.165, 1.54) is 32.1 Å². The van der Waals surface area contributed by atoms with E-state index in [1.807, 2.05) is 0 Å². The zero-order chi connectivity index (χ0) is 9.80. The molecule has 90 valence electrons. The molecule has 2 rings (SSSR count). The number of ether oxygens (including phenoxy) is 1. The van der Waals surface area contributed by atoms with Crippen molar-refractivity contribution in [2.24, 2.45) is 5.73 Å². The summed E-state index contributed by atoms with van der Waals surface area (Å²) in [6.07, 6.45) is 7.94. The summed E-state index contributed by atoms with van der Waals surface area (Å²) in [6, 6.07) is 1.41. The lowest BCUT2D eigenvalue weighted by molar-refractivity contribution is 0.0571. The van der Waals surface area contributed by atoms with E-state index in [0.29, 0.717) is 6.04 Å². The molecular weight excluding hydrogens is 212 g/mol. The summed E-state index contributed by atoms with van der Waals surface area (Å²) in [7, 11) is 0. The van der Waals surface area contributed by atoms with Crippen molar-refractivity contribution in [1.82, 2.24) is 5.32 Å². The largest absolute Gasteiger partial charge is 0.380 e. The van der Waals surface area contributed by atoms with Gasteiger partial charge < -0.3 is 15.8 Å². The van der Waals surface area contributed by atoms with Gasteiger partial charge in [0.15, 0.2) is 0 Å². The summed E-state index contributed by atoms with van der Waals surface area (Å²) < 4.78 is 5.34. The third-order valence-electron chi connectivity index (χ3n) is 3.46. The van der Waals surface area contributed by atoms with Gasteiger partial charge in [0.05, 0.1) is 6.61 Å². The van der Waals surface area contributed by atoms with Crippen molar-refractivity contribution in [1.29, 1.82) is 0 Å². The minimum Gasteiger partial charge on any atom is -0.380 e. The maximum absolute atomic E-state index is 6.01. The zero-order valence-corrected chi connectivity index (χ0v) is 10.1. The van der Waals surface area contributed by atoms with Crippen LogP contribution >= 0.6 is 12.4 Å². The molecule has 2 aliphatic rings. The molecule has 1 aliphatic heterocycles. The highest BCUT2D eigenvalue weighted by Gasteiger charge is 2.25. The van der Waals surface area contributed by atoms with E-state index in [2.05, 4.69) is 5.32 Å². The SMILES string of the molecule is Cl.N[C@@H]1COCC[C@H]1NC1CCCCC1. The minimum atomic E-state index is 0. The Morgan fingerprint density at radius 2 is 1.80 bits per heavy atom. The first-order chi connectivity index (χ1) is 6.86. The van der Waals surface area contributed by atoms with E-state index in [4.69, 9.17) is 10.5 Å². The van der Waals surface area contributed by atoms with Crippen LogP contribution in [0.25, 0.3) is 0 Å². The first-order valence-corrected chi connectivity index (χ1v) is 5.95. The van der Waals surface area contributed by atoms with Gasteiger partial charge in [0.25, 0.3) is 0 Å². The third-order valence-corrected chi connectivity index (χ3v) is 3.46. The number of nitrogens with one attached hydrogen (secondary N) is 1. The second-order valence-corrected chi connectivity index (χ2v) is 4.64. The molecule has 4 heteroatoms. The van der Waals surface area contributed by atoms with Gasteiger partial charge in [-0.05, 0) is 19.3 Å². The minimum absolute atomic E-state index is 0. The predicted molar refractivity (Wildman–Crippen MR) is 64.5 cm³/mol. The number of rotatable bonds is 2. The lowest BCUT2D eigenvalue weighted by Crippen LogP contribution is -2.54. The molecule has 2 atom stereocenters. The molecule has 1 aliphatic carbocycles. The molecule has 0 unspecified atom stereocenters. The standard InChI is InChI=1S/C11H22N2O.ClH/c12-10-8-14-7-6-11(10)13-9-4-2-1-3-5-9;/h9-11,13H,1-8,12H2;1H/t10-,11-;/m1./s1. The summed E-state index contributed by atoms with van der Waals surface area (Å²) in [5.41, 5.74) is 6.01. The van der Waals surface area contributed by atoms with Gasteiger partial charge in [-0.25, -0.2) is 0 Å². The molecular formula is C11H23ClN2O. The van der Waals surface area contributed by atoms with Gasteiger partial charge in [-0.2, -0.15) is 0 Å². The van der Waals surface area contributed by atoms with Gasteiger partial charge in [-0.15, -0.1) is 12.4 Å². The molecule has 0 radical (unpaired) electrons. The van der Waals surface area contributed by atoms with Gasteiger partial charge in [0, 0.05) is 24.7 Å². The molecule has 0 aromatic rings. The highest BCUT2D eigenvalue weighted by molar-refractivity contribution is 5.85. The number of nitrogens with two attached hydrogens (primary N) is 1. The van der Waals surface area contributed by atoms with Crippen LogP contribution in [-0.4, -0.2) is 31.3 Å². The van der Waals surface area contributed by atoms with Crippen LogP contribution in [0.3, 0.4) is 0 Å². The number of hydrogen-bond acceptors (Lipinski definition) is 3. The second kappa shape index (κ2) is 6.69. The summed E-state index contributed by atoms with van der Waals surface area (Å²) in [6.45, 7) is 1.60. The molecule has 0 spiro atoms. The first kappa shape index (κ1) is 13.2.